The first kappa shape index (κ1) is 21.5. The van der Waals surface area contributed by atoms with E-state index in [9.17, 15) is 21.6 Å². The highest BCUT2D eigenvalue weighted by molar-refractivity contribution is 7.89. The number of nitrogens with zero attached hydrogens (tertiary/aromatic N) is 4. The molecule has 1 aliphatic rings. The molecule has 1 aliphatic heterocycles. The number of imidazole rings is 1. The van der Waals surface area contributed by atoms with Gasteiger partial charge in [-0.25, -0.2) is 13.4 Å². The second-order valence-electron chi connectivity index (χ2n) is 7.71. The Hall–Kier alpha value is -2.72. The number of sulfonamides is 1. The predicted molar refractivity (Wildman–Crippen MR) is 108 cm³/mol. The number of aromatic nitrogens is 3. The van der Waals surface area contributed by atoms with E-state index < -0.39 is 21.8 Å². The summed E-state index contributed by atoms with van der Waals surface area (Å²) in [6.45, 7) is 0.406. The molecule has 0 spiro atoms. The topological polar surface area (TPSA) is 68.1 Å². The fourth-order valence-electron chi connectivity index (χ4n) is 4.00. The van der Waals surface area contributed by atoms with Crippen molar-refractivity contribution in [3.05, 3.63) is 78.0 Å². The van der Waals surface area contributed by atoms with Crippen molar-refractivity contribution in [3.63, 3.8) is 0 Å². The predicted octanol–water partition coefficient (Wildman–Crippen LogP) is 3.48. The highest BCUT2D eigenvalue weighted by atomic mass is 32.2. The van der Waals surface area contributed by atoms with Crippen LogP contribution in [0.3, 0.4) is 0 Å². The van der Waals surface area contributed by atoms with Gasteiger partial charge in [0, 0.05) is 44.1 Å². The Morgan fingerprint density at radius 3 is 2.48 bits per heavy atom. The van der Waals surface area contributed by atoms with E-state index in [1.54, 1.807) is 11.6 Å². The quantitative estimate of drug-likeness (QED) is 0.597. The van der Waals surface area contributed by atoms with Crippen LogP contribution in [-0.4, -0.2) is 40.3 Å². The van der Waals surface area contributed by atoms with E-state index in [0.717, 1.165) is 23.9 Å². The highest BCUT2D eigenvalue weighted by Crippen LogP contribution is 2.38. The van der Waals surface area contributed by atoms with Crippen LogP contribution in [0.4, 0.5) is 13.2 Å². The first-order chi connectivity index (χ1) is 14.6. The van der Waals surface area contributed by atoms with E-state index >= 15 is 0 Å². The van der Waals surface area contributed by atoms with Crippen LogP contribution in [0.25, 0.3) is 0 Å². The van der Waals surface area contributed by atoms with Gasteiger partial charge in [-0.3, -0.25) is 4.98 Å². The SMILES string of the molecule is Cn1cnc(S(=O)(=O)N2CC(Cc3cc(C(F)(F)F)ccn3)C(c3ccccc3)C2)c1. The molecule has 10 heteroatoms. The molecule has 164 valence electrons. The molecule has 1 fully saturated rings. The van der Waals surface area contributed by atoms with E-state index in [4.69, 9.17) is 0 Å². The lowest BCUT2D eigenvalue weighted by atomic mass is 9.86. The summed E-state index contributed by atoms with van der Waals surface area (Å²) in [7, 11) is -2.13. The molecular formula is C21H21F3N4O2S. The van der Waals surface area contributed by atoms with Crippen LogP contribution >= 0.6 is 0 Å². The second kappa shape index (κ2) is 8.08. The molecule has 2 atom stereocenters. The minimum Gasteiger partial charge on any atom is -0.339 e. The summed E-state index contributed by atoms with van der Waals surface area (Å²) in [6.07, 6.45) is -0.221. The molecule has 0 amide bonds. The normalized spacial score (nSPS) is 20.3. The van der Waals surface area contributed by atoms with Gasteiger partial charge in [0.1, 0.15) is 0 Å². The van der Waals surface area contributed by atoms with E-state index in [1.165, 1.54) is 16.8 Å². The maximum absolute atomic E-state index is 13.1. The van der Waals surface area contributed by atoms with Crippen LogP contribution < -0.4 is 0 Å². The Morgan fingerprint density at radius 2 is 1.84 bits per heavy atom. The lowest BCUT2D eigenvalue weighted by Crippen LogP contribution is -2.29. The van der Waals surface area contributed by atoms with E-state index in [1.807, 2.05) is 30.3 Å². The van der Waals surface area contributed by atoms with Crippen LogP contribution in [0.15, 0.2) is 66.2 Å². The molecule has 0 saturated carbocycles. The molecule has 2 aromatic heterocycles. The van der Waals surface area contributed by atoms with Gasteiger partial charge in [0.05, 0.1) is 11.9 Å². The minimum atomic E-state index is -4.46. The number of alkyl halides is 3. The first-order valence-electron chi connectivity index (χ1n) is 9.70. The van der Waals surface area contributed by atoms with Crippen molar-refractivity contribution >= 4 is 10.0 Å². The Kier molecular flexibility index (Phi) is 5.61. The maximum atomic E-state index is 13.1. The second-order valence-corrected chi connectivity index (χ2v) is 9.60. The lowest BCUT2D eigenvalue weighted by molar-refractivity contribution is -0.137. The Labute approximate surface area is 178 Å². The molecule has 3 heterocycles. The zero-order chi connectivity index (χ0) is 22.2. The van der Waals surface area contributed by atoms with Gasteiger partial charge in [-0.15, -0.1) is 0 Å². The molecule has 6 nitrogen and oxygen atoms in total. The molecule has 0 radical (unpaired) electrons. The number of halogens is 3. The van der Waals surface area contributed by atoms with Crippen molar-refractivity contribution in [2.45, 2.75) is 23.5 Å². The summed E-state index contributed by atoms with van der Waals surface area (Å²) in [5, 5.41) is -0.0420. The third kappa shape index (κ3) is 4.49. The zero-order valence-electron chi connectivity index (χ0n) is 16.7. The molecule has 1 saturated heterocycles. The largest absolute Gasteiger partial charge is 0.416 e. The molecule has 31 heavy (non-hydrogen) atoms. The average molecular weight is 450 g/mol. The monoisotopic (exact) mass is 450 g/mol. The minimum absolute atomic E-state index is 0.0420. The Bertz CT molecular complexity index is 1160. The number of pyridine rings is 1. The smallest absolute Gasteiger partial charge is 0.339 e. The third-order valence-corrected chi connectivity index (χ3v) is 7.25. The van der Waals surface area contributed by atoms with Gasteiger partial charge in [0.15, 0.2) is 5.03 Å². The summed E-state index contributed by atoms with van der Waals surface area (Å²) >= 11 is 0. The van der Waals surface area contributed by atoms with Gasteiger partial charge in [-0.05, 0) is 30.0 Å². The van der Waals surface area contributed by atoms with Crippen molar-refractivity contribution in [1.29, 1.82) is 0 Å². The fourth-order valence-corrected chi connectivity index (χ4v) is 5.49. The zero-order valence-corrected chi connectivity index (χ0v) is 17.5. The number of hydrogen-bond donors (Lipinski definition) is 0. The maximum Gasteiger partial charge on any atom is 0.416 e. The Balaban J connectivity index is 1.65. The van der Waals surface area contributed by atoms with Gasteiger partial charge in [0.25, 0.3) is 10.0 Å². The number of benzene rings is 1. The van der Waals surface area contributed by atoms with E-state index in [2.05, 4.69) is 9.97 Å². The van der Waals surface area contributed by atoms with Gasteiger partial charge < -0.3 is 4.57 Å². The van der Waals surface area contributed by atoms with Crippen LogP contribution in [-0.2, 0) is 29.7 Å². The summed E-state index contributed by atoms with van der Waals surface area (Å²) in [6, 6.07) is 11.4. The highest BCUT2D eigenvalue weighted by Gasteiger charge is 2.41. The third-order valence-electron chi connectivity index (χ3n) is 5.54. The molecule has 4 rings (SSSR count). The number of aryl methyl sites for hydroxylation is 1. The van der Waals surface area contributed by atoms with Gasteiger partial charge in [0.2, 0.25) is 0 Å². The van der Waals surface area contributed by atoms with Crippen molar-refractivity contribution in [1.82, 2.24) is 18.8 Å². The van der Waals surface area contributed by atoms with Crippen molar-refractivity contribution in [2.24, 2.45) is 13.0 Å². The van der Waals surface area contributed by atoms with Gasteiger partial charge in [-0.2, -0.15) is 17.5 Å². The standard InChI is InChI=1S/C21H21F3N4O2S/c1-27-13-20(26-14-27)31(29,30)28-11-16(19(12-28)15-5-3-2-4-6-15)9-18-10-17(7-8-25-18)21(22,23)24/h2-8,10,13-14,16,19H,9,11-12H2,1H3. The van der Waals surface area contributed by atoms with Crippen molar-refractivity contribution in [2.75, 3.05) is 13.1 Å². The molecule has 2 unspecified atom stereocenters. The van der Waals surface area contributed by atoms with Gasteiger partial charge in [-0.1, -0.05) is 30.3 Å². The molecule has 0 bridgehead atoms. The molecule has 3 aromatic rings. The molecule has 1 aromatic carbocycles. The molecule has 0 N–H and O–H groups in total. The van der Waals surface area contributed by atoms with E-state index in [-0.39, 0.29) is 42.1 Å². The average Bonchev–Trinajstić information content (AvgIpc) is 3.36. The fraction of sp³-hybridized carbons (Fsp3) is 0.333. The van der Waals surface area contributed by atoms with Crippen LogP contribution in [0, 0.1) is 5.92 Å². The molecular weight excluding hydrogens is 429 g/mol. The van der Waals surface area contributed by atoms with Gasteiger partial charge >= 0.3 is 6.18 Å². The summed E-state index contributed by atoms with van der Waals surface area (Å²) < 4.78 is 68.4. The van der Waals surface area contributed by atoms with E-state index in [0.29, 0.717) is 0 Å². The summed E-state index contributed by atoms with van der Waals surface area (Å²) in [5.41, 5.74) is 0.473. The van der Waals surface area contributed by atoms with Crippen LogP contribution in [0.5, 0.6) is 0 Å². The first-order valence-corrected chi connectivity index (χ1v) is 11.1. The summed E-state index contributed by atoms with van der Waals surface area (Å²) in [5.74, 6) is -0.395. The Morgan fingerprint density at radius 1 is 1.10 bits per heavy atom. The summed E-state index contributed by atoms with van der Waals surface area (Å²) in [4.78, 5) is 8.08. The van der Waals surface area contributed by atoms with Crippen molar-refractivity contribution in [3.8, 4) is 0 Å². The molecule has 0 aliphatic carbocycles. The number of rotatable bonds is 5. The van der Waals surface area contributed by atoms with Crippen molar-refractivity contribution < 1.29 is 21.6 Å². The number of hydrogen-bond acceptors (Lipinski definition) is 4. The van der Waals surface area contributed by atoms with Crippen LogP contribution in [0.2, 0.25) is 0 Å². The van der Waals surface area contributed by atoms with Crippen LogP contribution in [0.1, 0.15) is 22.7 Å². The lowest BCUT2D eigenvalue weighted by Gasteiger charge is -2.19.